The van der Waals surface area contributed by atoms with E-state index in [-0.39, 0.29) is 0 Å². The number of nitrogens with zero attached hydrogens (tertiary/aromatic N) is 1. The lowest BCUT2D eigenvalue weighted by Gasteiger charge is -2.07. The molecule has 1 aromatic heterocycles. The average molecular weight is 243 g/mol. The molecule has 0 saturated heterocycles. The van der Waals surface area contributed by atoms with Crippen LogP contribution in [0.2, 0.25) is 0 Å². The molecular weight excluding hydrogens is 226 g/mol. The minimum absolute atomic E-state index is 0.528. The van der Waals surface area contributed by atoms with Gasteiger partial charge in [0, 0.05) is 0 Å². The zero-order chi connectivity index (χ0) is 12.5. The van der Waals surface area contributed by atoms with Crippen LogP contribution in [0.1, 0.15) is 34.6 Å². The summed E-state index contributed by atoms with van der Waals surface area (Å²) in [6.45, 7) is 4.39. The normalized spacial score (nSPS) is 13.7. The Morgan fingerprint density at radius 2 is 2.06 bits per heavy atom. The van der Waals surface area contributed by atoms with E-state index in [2.05, 4.69) is 23.4 Å². The molecule has 0 N–H and O–H groups in total. The highest BCUT2D eigenvalue weighted by molar-refractivity contribution is 5.38. The number of rotatable bonds is 3. The Kier molecular flexibility index (Phi) is 2.82. The van der Waals surface area contributed by atoms with E-state index >= 15 is 0 Å². The van der Waals surface area contributed by atoms with Gasteiger partial charge >= 0.3 is 0 Å². The first-order valence-corrected chi connectivity index (χ1v) is 6.40. The summed E-state index contributed by atoms with van der Waals surface area (Å²) < 4.78 is 11.0. The predicted molar refractivity (Wildman–Crippen MR) is 68.8 cm³/mol. The molecule has 1 aliphatic rings. The molecule has 0 radical (unpaired) electrons. The van der Waals surface area contributed by atoms with Crippen LogP contribution in [0.4, 0.5) is 0 Å². The van der Waals surface area contributed by atoms with Crippen molar-refractivity contribution in [1.82, 2.24) is 5.16 Å². The van der Waals surface area contributed by atoms with Gasteiger partial charge in [-0.1, -0.05) is 11.2 Å². The van der Waals surface area contributed by atoms with Crippen molar-refractivity contribution in [2.24, 2.45) is 0 Å². The molecule has 94 valence electrons. The molecule has 0 saturated carbocycles. The van der Waals surface area contributed by atoms with Crippen molar-refractivity contribution in [3.8, 4) is 5.75 Å². The van der Waals surface area contributed by atoms with Crippen molar-refractivity contribution in [2.45, 2.75) is 39.7 Å². The van der Waals surface area contributed by atoms with Gasteiger partial charge in [-0.05, 0) is 56.4 Å². The first-order chi connectivity index (χ1) is 8.74. The van der Waals surface area contributed by atoms with Gasteiger partial charge in [-0.3, -0.25) is 0 Å². The Bertz CT molecular complexity index is 552. The van der Waals surface area contributed by atoms with E-state index in [0.717, 1.165) is 22.8 Å². The van der Waals surface area contributed by atoms with Crippen LogP contribution in [0, 0.1) is 13.8 Å². The molecule has 1 heterocycles. The standard InChI is InChI=1S/C15H17NO2/c1-10-15(11(2)18-16-10)9-17-14-7-6-12-4-3-5-13(12)8-14/h6-8H,3-5,9H2,1-2H3. The fourth-order valence-electron chi connectivity index (χ4n) is 2.50. The highest BCUT2D eigenvalue weighted by Gasteiger charge is 2.13. The molecule has 3 rings (SSSR count). The van der Waals surface area contributed by atoms with Gasteiger partial charge in [0.1, 0.15) is 18.1 Å². The number of ether oxygens (including phenoxy) is 1. The van der Waals surface area contributed by atoms with Crippen molar-refractivity contribution in [3.05, 3.63) is 46.3 Å². The summed E-state index contributed by atoms with van der Waals surface area (Å²) in [4.78, 5) is 0. The first kappa shape index (κ1) is 11.3. The van der Waals surface area contributed by atoms with Crippen molar-refractivity contribution < 1.29 is 9.26 Å². The fraction of sp³-hybridized carbons (Fsp3) is 0.400. The maximum Gasteiger partial charge on any atom is 0.140 e. The van der Waals surface area contributed by atoms with Gasteiger partial charge in [0.15, 0.2) is 0 Å². The smallest absolute Gasteiger partial charge is 0.140 e. The molecule has 0 fully saturated rings. The Labute approximate surface area is 107 Å². The molecular formula is C15H17NO2. The highest BCUT2D eigenvalue weighted by atomic mass is 16.5. The Morgan fingerprint density at radius 3 is 2.83 bits per heavy atom. The third kappa shape index (κ3) is 2.01. The van der Waals surface area contributed by atoms with Gasteiger partial charge < -0.3 is 9.26 Å². The van der Waals surface area contributed by atoms with E-state index in [4.69, 9.17) is 9.26 Å². The molecule has 1 aromatic carbocycles. The maximum atomic E-state index is 5.84. The monoisotopic (exact) mass is 243 g/mol. The fourth-order valence-corrected chi connectivity index (χ4v) is 2.50. The molecule has 3 nitrogen and oxygen atoms in total. The number of fused-ring (bicyclic) bond motifs is 1. The summed E-state index contributed by atoms with van der Waals surface area (Å²) in [5.41, 5.74) is 4.87. The molecule has 0 amide bonds. The van der Waals surface area contributed by atoms with Crippen LogP contribution >= 0.6 is 0 Å². The van der Waals surface area contributed by atoms with E-state index in [1.54, 1.807) is 0 Å². The van der Waals surface area contributed by atoms with Crippen LogP contribution in [0.25, 0.3) is 0 Å². The zero-order valence-corrected chi connectivity index (χ0v) is 10.8. The second kappa shape index (κ2) is 4.48. The molecule has 0 spiro atoms. The van der Waals surface area contributed by atoms with Gasteiger partial charge in [-0.2, -0.15) is 0 Å². The summed E-state index contributed by atoms with van der Waals surface area (Å²) in [6.07, 6.45) is 3.65. The van der Waals surface area contributed by atoms with Crippen LogP contribution in [0.15, 0.2) is 22.7 Å². The van der Waals surface area contributed by atoms with Crippen LogP contribution < -0.4 is 4.74 Å². The zero-order valence-electron chi connectivity index (χ0n) is 10.8. The van der Waals surface area contributed by atoms with E-state index < -0.39 is 0 Å². The second-order valence-corrected chi connectivity index (χ2v) is 4.88. The third-order valence-electron chi connectivity index (χ3n) is 3.63. The molecule has 0 aliphatic heterocycles. The largest absolute Gasteiger partial charge is 0.489 e. The maximum absolute atomic E-state index is 5.84. The lowest BCUT2D eigenvalue weighted by Crippen LogP contribution is -1.98. The molecule has 0 bridgehead atoms. The molecule has 0 atom stereocenters. The van der Waals surface area contributed by atoms with E-state index in [1.165, 1.54) is 30.4 Å². The Balaban J connectivity index is 1.74. The van der Waals surface area contributed by atoms with E-state index in [1.807, 2.05) is 13.8 Å². The molecule has 3 heteroatoms. The number of benzene rings is 1. The minimum Gasteiger partial charge on any atom is -0.489 e. The SMILES string of the molecule is Cc1noc(C)c1COc1ccc2c(c1)CCC2. The van der Waals surface area contributed by atoms with E-state index in [0.29, 0.717) is 6.61 Å². The van der Waals surface area contributed by atoms with Crippen molar-refractivity contribution in [3.63, 3.8) is 0 Å². The first-order valence-electron chi connectivity index (χ1n) is 6.40. The highest BCUT2D eigenvalue weighted by Crippen LogP contribution is 2.26. The molecule has 18 heavy (non-hydrogen) atoms. The van der Waals surface area contributed by atoms with Gasteiger partial charge in [0.05, 0.1) is 11.3 Å². The minimum atomic E-state index is 0.528. The van der Waals surface area contributed by atoms with Crippen molar-refractivity contribution >= 4 is 0 Å². The van der Waals surface area contributed by atoms with E-state index in [9.17, 15) is 0 Å². The second-order valence-electron chi connectivity index (χ2n) is 4.88. The number of hydrogen-bond acceptors (Lipinski definition) is 3. The van der Waals surface area contributed by atoms with Gasteiger partial charge in [-0.25, -0.2) is 0 Å². The summed E-state index contributed by atoms with van der Waals surface area (Å²) in [5, 5.41) is 3.93. The van der Waals surface area contributed by atoms with Gasteiger partial charge in [0.2, 0.25) is 0 Å². The van der Waals surface area contributed by atoms with Crippen LogP contribution in [-0.4, -0.2) is 5.16 Å². The molecule has 1 aliphatic carbocycles. The topological polar surface area (TPSA) is 35.3 Å². The van der Waals surface area contributed by atoms with Crippen LogP contribution in [-0.2, 0) is 19.4 Å². The third-order valence-corrected chi connectivity index (χ3v) is 3.63. The number of aromatic nitrogens is 1. The van der Waals surface area contributed by atoms with Crippen molar-refractivity contribution in [1.29, 1.82) is 0 Å². The number of hydrogen-bond donors (Lipinski definition) is 0. The van der Waals surface area contributed by atoms with Crippen LogP contribution in [0.3, 0.4) is 0 Å². The lowest BCUT2D eigenvalue weighted by atomic mass is 10.1. The molecule has 2 aromatic rings. The quantitative estimate of drug-likeness (QED) is 0.829. The summed E-state index contributed by atoms with van der Waals surface area (Å²) in [5.74, 6) is 1.78. The summed E-state index contributed by atoms with van der Waals surface area (Å²) in [6, 6.07) is 6.41. The summed E-state index contributed by atoms with van der Waals surface area (Å²) in [7, 11) is 0. The van der Waals surface area contributed by atoms with Crippen molar-refractivity contribution in [2.75, 3.05) is 0 Å². The predicted octanol–water partition coefficient (Wildman–Crippen LogP) is 3.36. The average Bonchev–Trinajstić information content (AvgIpc) is 2.94. The summed E-state index contributed by atoms with van der Waals surface area (Å²) >= 11 is 0. The Morgan fingerprint density at radius 1 is 1.22 bits per heavy atom. The molecule has 0 unspecified atom stereocenters. The lowest BCUT2D eigenvalue weighted by molar-refractivity contribution is 0.301. The number of aryl methyl sites for hydroxylation is 4. The van der Waals surface area contributed by atoms with Crippen LogP contribution in [0.5, 0.6) is 5.75 Å². The van der Waals surface area contributed by atoms with Gasteiger partial charge in [-0.15, -0.1) is 0 Å². The Hall–Kier alpha value is -1.77. The van der Waals surface area contributed by atoms with Gasteiger partial charge in [0.25, 0.3) is 0 Å².